The van der Waals surface area contributed by atoms with Crippen molar-refractivity contribution in [3.8, 4) is 0 Å². The summed E-state index contributed by atoms with van der Waals surface area (Å²) in [5, 5.41) is 0. The summed E-state index contributed by atoms with van der Waals surface area (Å²) in [6.07, 6.45) is 9.38. The molecule has 0 aromatic carbocycles. The third-order valence-corrected chi connectivity index (χ3v) is 4.97. The van der Waals surface area contributed by atoms with Crippen molar-refractivity contribution in [2.45, 2.75) is 79.1 Å². The molecule has 3 nitrogen and oxygen atoms in total. The van der Waals surface area contributed by atoms with Gasteiger partial charge in [-0.1, -0.05) is 66.2 Å². The second kappa shape index (κ2) is 12.8. The van der Waals surface area contributed by atoms with Crippen molar-refractivity contribution in [3.05, 3.63) is 0 Å². The van der Waals surface area contributed by atoms with Crippen molar-refractivity contribution in [1.82, 2.24) is 4.31 Å². The van der Waals surface area contributed by atoms with E-state index in [0.717, 1.165) is 25.9 Å². The Morgan fingerprint density at radius 1 is 0.900 bits per heavy atom. The number of nitrogens with zero attached hydrogens (tertiary/aromatic N) is 1. The van der Waals surface area contributed by atoms with Crippen LogP contribution in [0.15, 0.2) is 0 Å². The molecule has 0 radical (unpaired) electrons. The van der Waals surface area contributed by atoms with Gasteiger partial charge in [-0.25, -0.2) is 8.51 Å². The van der Waals surface area contributed by atoms with Crippen molar-refractivity contribution in [1.29, 1.82) is 0 Å². The molecule has 0 aliphatic rings. The van der Waals surface area contributed by atoms with Crippen LogP contribution in [0.4, 0.5) is 0 Å². The molecule has 0 fully saturated rings. The SMILES string of the molecule is CCCCC(CC)CN(CC(CC)CCCC)S(=O)O. The second-order valence-corrected chi connectivity index (χ2v) is 6.89. The minimum atomic E-state index is -1.83. The molecule has 0 bridgehead atoms. The van der Waals surface area contributed by atoms with Gasteiger partial charge in [0.25, 0.3) is 0 Å². The Balaban J connectivity index is 4.41. The van der Waals surface area contributed by atoms with Gasteiger partial charge < -0.3 is 0 Å². The molecular formula is C16H35NO2S. The average Bonchev–Trinajstić information content (AvgIpc) is 2.45. The summed E-state index contributed by atoms with van der Waals surface area (Å²) in [5.74, 6) is 1.10. The fourth-order valence-electron chi connectivity index (χ4n) is 2.61. The van der Waals surface area contributed by atoms with Crippen LogP contribution in [0.3, 0.4) is 0 Å². The Hall–Kier alpha value is 0.0700. The van der Waals surface area contributed by atoms with E-state index in [1.54, 1.807) is 4.31 Å². The first-order valence-electron chi connectivity index (χ1n) is 8.44. The van der Waals surface area contributed by atoms with Crippen LogP contribution in [0, 0.1) is 11.8 Å². The van der Waals surface area contributed by atoms with E-state index in [9.17, 15) is 8.76 Å². The number of hydrogen-bond acceptors (Lipinski definition) is 1. The molecule has 0 rings (SSSR count). The first kappa shape index (κ1) is 20.1. The maximum absolute atomic E-state index is 11.6. The zero-order chi connectivity index (χ0) is 15.4. The fraction of sp³-hybridized carbons (Fsp3) is 1.00. The monoisotopic (exact) mass is 305 g/mol. The molecule has 1 N–H and O–H groups in total. The van der Waals surface area contributed by atoms with Crippen LogP contribution >= 0.6 is 0 Å². The Kier molecular flexibility index (Phi) is 12.8. The van der Waals surface area contributed by atoms with Gasteiger partial charge in [0.05, 0.1) is 0 Å². The molecule has 0 saturated carbocycles. The molecule has 0 aromatic rings. The lowest BCUT2D eigenvalue weighted by Crippen LogP contribution is -2.35. The molecule has 3 unspecified atom stereocenters. The number of hydrogen-bond donors (Lipinski definition) is 1. The predicted octanol–water partition coefficient (Wildman–Crippen LogP) is 4.86. The molecule has 0 aliphatic carbocycles. The van der Waals surface area contributed by atoms with Gasteiger partial charge in [-0.3, -0.25) is 4.55 Å². The van der Waals surface area contributed by atoms with Gasteiger partial charge in [0.15, 0.2) is 0 Å². The standard InChI is InChI=1S/C16H35NO2S/c1-5-9-11-15(7-3)13-17(20(18)19)14-16(8-4)12-10-6-2/h15-16H,5-14H2,1-4H3,(H,18,19). The van der Waals surface area contributed by atoms with E-state index in [1.807, 2.05) is 0 Å². The summed E-state index contributed by atoms with van der Waals surface area (Å²) >= 11 is -1.83. The van der Waals surface area contributed by atoms with Crippen LogP contribution in [0.5, 0.6) is 0 Å². The quantitative estimate of drug-likeness (QED) is 0.494. The average molecular weight is 306 g/mol. The first-order valence-corrected chi connectivity index (χ1v) is 9.51. The van der Waals surface area contributed by atoms with E-state index in [2.05, 4.69) is 27.7 Å². The summed E-state index contributed by atoms with van der Waals surface area (Å²) < 4.78 is 22.9. The number of rotatable bonds is 13. The third-order valence-electron chi connectivity index (χ3n) is 4.23. The summed E-state index contributed by atoms with van der Waals surface area (Å²) in [4.78, 5) is 0. The summed E-state index contributed by atoms with van der Waals surface area (Å²) in [6, 6.07) is 0. The second-order valence-electron chi connectivity index (χ2n) is 5.91. The topological polar surface area (TPSA) is 40.5 Å². The summed E-state index contributed by atoms with van der Waals surface area (Å²) in [6.45, 7) is 10.3. The van der Waals surface area contributed by atoms with Gasteiger partial charge in [0, 0.05) is 13.1 Å². The molecular weight excluding hydrogens is 270 g/mol. The zero-order valence-electron chi connectivity index (χ0n) is 13.9. The molecule has 4 heteroatoms. The highest BCUT2D eigenvalue weighted by Gasteiger charge is 2.20. The van der Waals surface area contributed by atoms with Crippen LogP contribution in [0.25, 0.3) is 0 Å². The van der Waals surface area contributed by atoms with Crippen LogP contribution in [-0.2, 0) is 11.3 Å². The largest absolute Gasteiger partial charge is 0.294 e. The minimum Gasteiger partial charge on any atom is -0.294 e. The fourth-order valence-corrected chi connectivity index (χ4v) is 3.29. The van der Waals surface area contributed by atoms with Crippen molar-refractivity contribution < 1.29 is 8.76 Å². The smallest absolute Gasteiger partial charge is 0.234 e. The van der Waals surface area contributed by atoms with E-state index >= 15 is 0 Å². The zero-order valence-corrected chi connectivity index (χ0v) is 14.8. The normalized spacial score (nSPS) is 16.3. The van der Waals surface area contributed by atoms with Crippen molar-refractivity contribution >= 4 is 11.3 Å². The van der Waals surface area contributed by atoms with E-state index in [-0.39, 0.29) is 0 Å². The maximum atomic E-state index is 11.6. The summed E-state index contributed by atoms with van der Waals surface area (Å²) in [7, 11) is 0. The molecule has 0 aromatic heterocycles. The highest BCUT2D eigenvalue weighted by atomic mass is 32.2. The van der Waals surface area contributed by atoms with Crippen LogP contribution < -0.4 is 0 Å². The third kappa shape index (κ3) is 9.09. The Labute approximate surface area is 128 Å². The Morgan fingerprint density at radius 2 is 1.30 bits per heavy atom. The molecule has 20 heavy (non-hydrogen) atoms. The van der Waals surface area contributed by atoms with E-state index in [4.69, 9.17) is 0 Å². The molecule has 0 heterocycles. The molecule has 0 amide bonds. The lowest BCUT2D eigenvalue weighted by molar-refractivity contribution is 0.266. The summed E-state index contributed by atoms with van der Waals surface area (Å²) in [5.41, 5.74) is 0. The van der Waals surface area contributed by atoms with Crippen molar-refractivity contribution in [2.75, 3.05) is 13.1 Å². The molecule has 0 aliphatic heterocycles. The lowest BCUT2D eigenvalue weighted by atomic mass is 9.97. The van der Waals surface area contributed by atoms with Crippen molar-refractivity contribution in [3.63, 3.8) is 0 Å². The van der Waals surface area contributed by atoms with E-state index < -0.39 is 11.3 Å². The van der Waals surface area contributed by atoms with Crippen LogP contribution in [-0.4, -0.2) is 26.2 Å². The Morgan fingerprint density at radius 3 is 1.55 bits per heavy atom. The highest BCUT2D eigenvalue weighted by molar-refractivity contribution is 7.76. The van der Waals surface area contributed by atoms with Gasteiger partial charge in [-0.05, 0) is 24.7 Å². The molecule has 0 spiro atoms. The van der Waals surface area contributed by atoms with Crippen LogP contribution in [0.1, 0.15) is 79.1 Å². The molecule has 3 atom stereocenters. The minimum absolute atomic E-state index is 0.551. The highest BCUT2D eigenvalue weighted by Crippen LogP contribution is 2.19. The van der Waals surface area contributed by atoms with Gasteiger partial charge in [-0.15, -0.1) is 0 Å². The van der Waals surface area contributed by atoms with Crippen molar-refractivity contribution in [2.24, 2.45) is 11.8 Å². The first-order chi connectivity index (χ1) is 9.58. The molecule has 0 saturated heterocycles. The van der Waals surface area contributed by atoms with Gasteiger partial charge in [-0.2, -0.15) is 0 Å². The van der Waals surface area contributed by atoms with E-state index in [0.29, 0.717) is 11.8 Å². The number of unbranched alkanes of at least 4 members (excludes halogenated alkanes) is 2. The predicted molar refractivity (Wildman–Crippen MR) is 89.0 cm³/mol. The van der Waals surface area contributed by atoms with Gasteiger partial charge in [0.2, 0.25) is 11.3 Å². The van der Waals surface area contributed by atoms with Gasteiger partial charge >= 0.3 is 0 Å². The molecule has 122 valence electrons. The lowest BCUT2D eigenvalue weighted by Gasteiger charge is -2.27. The maximum Gasteiger partial charge on any atom is 0.234 e. The van der Waals surface area contributed by atoms with Crippen LogP contribution in [0.2, 0.25) is 0 Å². The van der Waals surface area contributed by atoms with E-state index in [1.165, 1.54) is 38.5 Å². The Bertz CT molecular complexity index is 231. The van der Waals surface area contributed by atoms with Gasteiger partial charge in [0.1, 0.15) is 0 Å².